The van der Waals surface area contributed by atoms with Crippen LogP contribution in [0.3, 0.4) is 0 Å². The zero-order chi connectivity index (χ0) is 9.92. The predicted octanol–water partition coefficient (Wildman–Crippen LogP) is 1.02. The summed E-state index contributed by atoms with van der Waals surface area (Å²) < 4.78 is 0. The molecule has 0 amide bonds. The van der Waals surface area contributed by atoms with Crippen molar-refractivity contribution in [2.24, 2.45) is 23.2 Å². The monoisotopic (exact) mass is 190 g/mol. The number of fused-ring (bicyclic) bond motifs is 5. The molecule has 0 aliphatic heterocycles. The van der Waals surface area contributed by atoms with E-state index in [9.17, 15) is 14.7 Å². The maximum Gasteiger partial charge on any atom is 0.314 e. The number of carbonyl (C=O) groups excluding carboxylic acids is 1. The number of hydrogen-bond acceptors (Lipinski definition) is 2. The zero-order valence-corrected chi connectivity index (χ0v) is 7.51. The van der Waals surface area contributed by atoms with Gasteiger partial charge in [-0.15, -0.1) is 0 Å². The van der Waals surface area contributed by atoms with E-state index in [-0.39, 0.29) is 23.5 Å². The quantitative estimate of drug-likeness (QED) is 0.628. The van der Waals surface area contributed by atoms with E-state index in [1.54, 1.807) is 6.08 Å². The summed E-state index contributed by atoms with van der Waals surface area (Å²) in [6, 6.07) is 0. The molecule has 1 fully saturated rings. The third kappa shape index (κ3) is 0.626. The van der Waals surface area contributed by atoms with Crippen LogP contribution in [0.25, 0.3) is 0 Å². The molecule has 0 aromatic rings. The highest BCUT2D eigenvalue weighted by atomic mass is 16.4. The minimum absolute atomic E-state index is 0.00995. The largest absolute Gasteiger partial charge is 0.481 e. The van der Waals surface area contributed by atoms with Gasteiger partial charge in [0.1, 0.15) is 5.41 Å². The first-order valence-electron chi connectivity index (χ1n) is 4.81. The summed E-state index contributed by atoms with van der Waals surface area (Å²) in [7, 11) is 0. The fourth-order valence-corrected chi connectivity index (χ4v) is 3.27. The van der Waals surface area contributed by atoms with Crippen molar-refractivity contribution >= 4 is 11.8 Å². The van der Waals surface area contributed by atoms with Crippen molar-refractivity contribution in [2.45, 2.75) is 6.42 Å². The first-order valence-corrected chi connectivity index (χ1v) is 4.81. The Bertz CT molecular complexity index is 393. The third-order valence-electron chi connectivity index (χ3n) is 3.87. The van der Waals surface area contributed by atoms with Gasteiger partial charge in [-0.3, -0.25) is 9.59 Å². The fourth-order valence-electron chi connectivity index (χ4n) is 3.27. The van der Waals surface area contributed by atoms with Gasteiger partial charge >= 0.3 is 5.97 Å². The Morgan fingerprint density at radius 2 is 2.29 bits per heavy atom. The summed E-state index contributed by atoms with van der Waals surface area (Å²) in [4.78, 5) is 22.9. The van der Waals surface area contributed by atoms with Crippen LogP contribution in [0.1, 0.15) is 6.42 Å². The first-order chi connectivity index (χ1) is 6.66. The molecular formula is C11H10O3. The molecule has 0 aromatic heterocycles. The summed E-state index contributed by atoms with van der Waals surface area (Å²) in [6.45, 7) is 0. The molecule has 0 saturated heterocycles. The highest BCUT2D eigenvalue weighted by molar-refractivity contribution is 6.02. The van der Waals surface area contributed by atoms with Crippen LogP contribution in [0.4, 0.5) is 0 Å². The molecule has 3 nitrogen and oxygen atoms in total. The van der Waals surface area contributed by atoms with Gasteiger partial charge in [-0.05, 0) is 24.3 Å². The van der Waals surface area contributed by atoms with Crippen LogP contribution >= 0.6 is 0 Å². The van der Waals surface area contributed by atoms with E-state index in [1.807, 2.05) is 12.2 Å². The van der Waals surface area contributed by atoms with Crippen molar-refractivity contribution in [2.75, 3.05) is 0 Å². The van der Waals surface area contributed by atoms with Crippen molar-refractivity contribution in [3.05, 3.63) is 24.3 Å². The van der Waals surface area contributed by atoms with Crippen molar-refractivity contribution in [3.8, 4) is 0 Å². The normalized spacial score (nSPS) is 47.4. The molecule has 3 aliphatic carbocycles. The van der Waals surface area contributed by atoms with E-state index in [0.29, 0.717) is 0 Å². The molecular weight excluding hydrogens is 180 g/mol. The molecule has 3 aliphatic rings. The molecule has 2 bridgehead atoms. The topological polar surface area (TPSA) is 54.4 Å². The third-order valence-corrected chi connectivity index (χ3v) is 3.87. The Morgan fingerprint density at radius 1 is 1.50 bits per heavy atom. The molecule has 3 rings (SSSR count). The molecule has 3 heteroatoms. The van der Waals surface area contributed by atoms with Crippen LogP contribution in [0.2, 0.25) is 0 Å². The summed E-state index contributed by atoms with van der Waals surface area (Å²) in [6.07, 6.45) is 7.84. The van der Waals surface area contributed by atoms with E-state index in [4.69, 9.17) is 0 Å². The van der Waals surface area contributed by atoms with E-state index in [0.717, 1.165) is 6.42 Å². The number of carbonyl (C=O) groups is 2. The van der Waals surface area contributed by atoms with Crippen LogP contribution in [-0.4, -0.2) is 16.9 Å². The maximum absolute atomic E-state index is 11.6. The number of ketones is 1. The lowest BCUT2D eigenvalue weighted by molar-refractivity contribution is -0.151. The molecule has 0 spiro atoms. The molecule has 0 heterocycles. The van der Waals surface area contributed by atoms with E-state index in [1.165, 1.54) is 6.08 Å². The van der Waals surface area contributed by atoms with Crippen LogP contribution in [-0.2, 0) is 9.59 Å². The van der Waals surface area contributed by atoms with Gasteiger partial charge in [0.25, 0.3) is 0 Å². The minimum atomic E-state index is -0.906. The molecule has 0 aromatic carbocycles. The van der Waals surface area contributed by atoms with E-state index >= 15 is 0 Å². The standard InChI is InChI=1S/C11H10O3/c12-8-3-4-11(10(13)14)7-2-1-6(5-7)9(8)11/h1-4,6-7,9H,5H2,(H,13,14). The minimum Gasteiger partial charge on any atom is -0.481 e. The second kappa shape index (κ2) is 2.16. The lowest BCUT2D eigenvalue weighted by Gasteiger charge is -2.30. The van der Waals surface area contributed by atoms with Gasteiger partial charge in [0.15, 0.2) is 5.78 Å². The van der Waals surface area contributed by atoms with Gasteiger partial charge in [-0.2, -0.15) is 0 Å². The second-order valence-corrected chi connectivity index (χ2v) is 4.34. The predicted molar refractivity (Wildman–Crippen MR) is 48.4 cm³/mol. The number of carboxylic acids is 1. The second-order valence-electron chi connectivity index (χ2n) is 4.34. The van der Waals surface area contributed by atoms with Crippen molar-refractivity contribution in [1.29, 1.82) is 0 Å². The van der Waals surface area contributed by atoms with E-state index in [2.05, 4.69) is 0 Å². The average Bonchev–Trinajstić information content (AvgIpc) is 2.76. The smallest absolute Gasteiger partial charge is 0.314 e. The van der Waals surface area contributed by atoms with Crippen molar-refractivity contribution < 1.29 is 14.7 Å². The number of carboxylic acid groups (broad SMARTS) is 1. The van der Waals surface area contributed by atoms with Crippen LogP contribution < -0.4 is 0 Å². The molecule has 72 valence electrons. The molecule has 0 radical (unpaired) electrons. The molecule has 14 heavy (non-hydrogen) atoms. The fraction of sp³-hybridized carbons (Fsp3) is 0.455. The number of aliphatic carboxylic acids is 1. The van der Waals surface area contributed by atoms with Gasteiger partial charge in [0, 0.05) is 5.92 Å². The van der Waals surface area contributed by atoms with Gasteiger partial charge in [-0.1, -0.05) is 18.2 Å². The molecule has 1 saturated carbocycles. The summed E-state index contributed by atoms with van der Waals surface area (Å²) in [5.74, 6) is -1.00. The Labute approximate surface area is 81.1 Å². The number of allylic oxidation sites excluding steroid dienone is 3. The molecule has 1 N–H and O–H groups in total. The van der Waals surface area contributed by atoms with Crippen molar-refractivity contribution in [1.82, 2.24) is 0 Å². The summed E-state index contributed by atoms with van der Waals surface area (Å²) >= 11 is 0. The Hall–Kier alpha value is -1.38. The SMILES string of the molecule is O=C1C=CC2(C(=O)O)C3C=CC(C3)C12. The zero-order valence-electron chi connectivity index (χ0n) is 7.51. The molecule has 4 unspecified atom stereocenters. The highest BCUT2D eigenvalue weighted by Crippen LogP contribution is 2.59. The summed E-state index contributed by atoms with van der Waals surface area (Å²) in [5, 5.41) is 9.28. The van der Waals surface area contributed by atoms with Crippen LogP contribution in [0.5, 0.6) is 0 Å². The maximum atomic E-state index is 11.6. The lowest BCUT2D eigenvalue weighted by Crippen LogP contribution is -2.40. The Balaban J connectivity index is 2.19. The Kier molecular flexibility index (Phi) is 1.23. The van der Waals surface area contributed by atoms with Crippen molar-refractivity contribution in [3.63, 3.8) is 0 Å². The summed E-state index contributed by atoms with van der Waals surface area (Å²) in [5.41, 5.74) is -0.906. The number of hydrogen-bond donors (Lipinski definition) is 1. The lowest BCUT2D eigenvalue weighted by atomic mass is 9.70. The number of rotatable bonds is 1. The Morgan fingerprint density at radius 3 is 2.93 bits per heavy atom. The van der Waals surface area contributed by atoms with Crippen LogP contribution in [0.15, 0.2) is 24.3 Å². The van der Waals surface area contributed by atoms with Gasteiger partial charge in [0.05, 0.1) is 0 Å². The van der Waals surface area contributed by atoms with Gasteiger partial charge in [-0.25, -0.2) is 0 Å². The van der Waals surface area contributed by atoms with E-state index < -0.39 is 11.4 Å². The highest BCUT2D eigenvalue weighted by Gasteiger charge is 2.63. The van der Waals surface area contributed by atoms with Gasteiger partial charge in [0.2, 0.25) is 0 Å². The average molecular weight is 190 g/mol. The van der Waals surface area contributed by atoms with Gasteiger partial charge < -0.3 is 5.11 Å². The molecule has 4 atom stereocenters. The van der Waals surface area contributed by atoms with Crippen LogP contribution in [0, 0.1) is 23.2 Å². The first kappa shape index (κ1) is 7.97.